The van der Waals surface area contributed by atoms with Gasteiger partial charge in [0.15, 0.2) is 5.75 Å². The third kappa shape index (κ3) is 4.32. The van der Waals surface area contributed by atoms with Crippen LogP contribution < -0.4 is 15.2 Å². The number of aryl methyl sites for hydroxylation is 1. The third-order valence-electron chi connectivity index (χ3n) is 3.80. The summed E-state index contributed by atoms with van der Waals surface area (Å²) < 4.78 is 47.7. The Morgan fingerprint density at radius 2 is 2.07 bits per heavy atom. The van der Waals surface area contributed by atoms with Crippen molar-refractivity contribution in [3.63, 3.8) is 0 Å². The van der Waals surface area contributed by atoms with Gasteiger partial charge in [0.05, 0.1) is 23.1 Å². The molecular formula is C18H13F3N4O4. The van der Waals surface area contributed by atoms with Gasteiger partial charge in [0.25, 0.3) is 0 Å². The van der Waals surface area contributed by atoms with Crippen molar-refractivity contribution in [3.8, 4) is 35.0 Å². The number of nitrogens with zero attached hydrogens (tertiary/aromatic N) is 3. The van der Waals surface area contributed by atoms with Crippen LogP contribution in [0.15, 0.2) is 41.3 Å². The number of rotatable bonds is 5. The zero-order chi connectivity index (χ0) is 21.2. The van der Waals surface area contributed by atoms with Gasteiger partial charge in [-0.15, -0.1) is 13.2 Å². The number of pyridine rings is 1. The minimum Gasteiger partial charge on any atom is -0.493 e. The van der Waals surface area contributed by atoms with Crippen LogP contribution in [-0.4, -0.2) is 26.0 Å². The van der Waals surface area contributed by atoms with E-state index in [1.54, 1.807) is 13.0 Å². The predicted molar refractivity (Wildman–Crippen MR) is 93.1 cm³/mol. The van der Waals surface area contributed by atoms with Crippen LogP contribution in [0.3, 0.4) is 0 Å². The van der Waals surface area contributed by atoms with Crippen LogP contribution in [0.2, 0.25) is 0 Å². The largest absolute Gasteiger partial charge is 0.573 e. The first-order valence-electron chi connectivity index (χ1n) is 8.19. The van der Waals surface area contributed by atoms with Gasteiger partial charge >= 0.3 is 12.1 Å². The Hall–Kier alpha value is -3.94. The predicted octanol–water partition coefficient (Wildman–Crippen LogP) is 3.39. The summed E-state index contributed by atoms with van der Waals surface area (Å²) in [5.41, 5.74) is -0.232. The van der Waals surface area contributed by atoms with Crippen molar-refractivity contribution < 1.29 is 27.8 Å². The average molecular weight is 406 g/mol. The van der Waals surface area contributed by atoms with E-state index in [-0.39, 0.29) is 28.8 Å². The fourth-order valence-electron chi connectivity index (χ4n) is 2.51. The molecule has 11 heteroatoms. The number of aromatic hydroxyl groups is 1. The molecule has 3 aromatic rings. The van der Waals surface area contributed by atoms with E-state index in [1.165, 1.54) is 24.4 Å². The molecule has 0 fully saturated rings. The number of nitriles is 1. The van der Waals surface area contributed by atoms with Crippen LogP contribution in [0, 0.1) is 11.3 Å². The fraction of sp³-hybridized carbons (Fsp3) is 0.167. The Balaban J connectivity index is 1.85. The highest BCUT2D eigenvalue weighted by Crippen LogP contribution is 2.31. The summed E-state index contributed by atoms with van der Waals surface area (Å²) in [7, 11) is 0. The maximum Gasteiger partial charge on any atom is 0.573 e. The smallest absolute Gasteiger partial charge is 0.493 e. The molecule has 0 radical (unpaired) electrons. The number of alkyl halides is 3. The van der Waals surface area contributed by atoms with Crippen LogP contribution in [0.5, 0.6) is 23.3 Å². The maximum absolute atomic E-state index is 12.5. The van der Waals surface area contributed by atoms with E-state index in [1.807, 2.05) is 0 Å². The van der Waals surface area contributed by atoms with E-state index in [0.717, 1.165) is 16.7 Å². The second-order valence-corrected chi connectivity index (χ2v) is 5.70. The van der Waals surface area contributed by atoms with E-state index in [2.05, 4.69) is 14.7 Å². The van der Waals surface area contributed by atoms with Gasteiger partial charge < -0.3 is 19.6 Å². The van der Waals surface area contributed by atoms with Crippen LogP contribution >= 0.6 is 0 Å². The second kappa shape index (κ2) is 7.59. The lowest BCUT2D eigenvalue weighted by molar-refractivity contribution is -0.274. The molecule has 2 aromatic heterocycles. The number of ether oxygens (including phenoxy) is 2. The van der Waals surface area contributed by atoms with Crippen LogP contribution in [-0.2, 0) is 6.42 Å². The number of aromatic amines is 1. The van der Waals surface area contributed by atoms with E-state index in [4.69, 9.17) is 10.00 Å². The van der Waals surface area contributed by atoms with Crippen molar-refractivity contribution in [1.82, 2.24) is 14.5 Å². The molecule has 1 aromatic carbocycles. The van der Waals surface area contributed by atoms with Crippen molar-refractivity contribution in [2.24, 2.45) is 0 Å². The van der Waals surface area contributed by atoms with Gasteiger partial charge in [0.1, 0.15) is 11.8 Å². The van der Waals surface area contributed by atoms with Gasteiger partial charge in [0, 0.05) is 12.1 Å². The van der Waals surface area contributed by atoms with Crippen molar-refractivity contribution in [2.45, 2.75) is 19.7 Å². The minimum absolute atomic E-state index is 0.00945. The molecule has 0 unspecified atom stereocenters. The molecular weight excluding hydrogens is 393 g/mol. The summed E-state index contributed by atoms with van der Waals surface area (Å²) in [6.45, 7) is 1.76. The SMILES string of the molecule is CCc1[nH]c(=O)n(-c2ccc(Oc3ccc(C#N)c(OC(F)(F)F)c3)nc2)c1O. The number of hydrogen-bond acceptors (Lipinski definition) is 6. The number of benzene rings is 1. The molecule has 0 bridgehead atoms. The van der Waals surface area contributed by atoms with Gasteiger partial charge in [-0.2, -0.15) is 5.26 Å². The summed E-state index contributed by atoms with van der Waals surface area (Å²) in [4.78, 5) is 18.5. The van der Waals surface area contributed by atoms with E-state index in [0.29, 0.717) is 12.1 Å². The summed E-state index contributed by atoms with van der Waals surface area (Å²) in [6.07, 6.45) is -3.29. The highest BCUT2D eigenvalue weighted by molar-refractivity contribution is 5.48. The molecule has 29 heavy (non-hydrogen) atoms. The molecule has 0 atom stereocenters. The van der Waals surface area contributed by atoms with E-state index >= 15 is 0 Å². The van der Waals surface area contributed by atoms with Gasteiger partial charge in [-0.25, -0.2) is 14.3 Å². The average Bonchev–Trinajstić information content (AvgIpc) is 2.95. The zero-order valence-electron chi connectivity index (χ0n) is 14.8. The quantitative estimate of drug-likeness (QED) is 0.672. The number of imidazole rings is 1. The highest BCUT2D eigenvalue weighted by Gasteiger charge is 2.32. The van der Waals surface area contributed by atoms with Crippen molar-refractivity contribution in [2.75, 3.05) is 0 Å². The molecule has 0 amide bonds. The topological polar surface area (TPSA) is 113 Å². The Morgan fingerprint density at radius 3 is 2.62 bits per heavy atom. The Kier molecular flexibility index (Phi) is 5.18. The summed E-state index contributed by atoms with van der Waals surface area (Å²) >= 11 is 0. The zero-order valence-corrected chi connectivity index (χ0v) is 14.8. The Labute approximate surface area is 161 Å². The number of H-pyrrole nitrogens is 1. The lowest BCUT2D eigenvalue weighted by Gasteiger charge is -2.12. The molecule has 0 spiro atoms. The molecule has 3 rings (SSSR count). The fourth-order valence-corrected chi connectivity index (χ4v) is 2.51. The number of aromatic nitrogens is 3. The molecule has 2 N–H and O–H groups in total. The van der Waals surface area contributed by atoms with Crippen LogP contribution in [0.1, 0.15) is 18.2 Å². The maximum atomic E-state index is 12.5. The molecule has 2 heterocycles. The van der Waals surface area contributed by atoms with Crippen molar-refractivity contribution in [3.05, 3.63) is 58.3 Å². The first kappa shape index (κ1) is 19.8. The molecule has 150 valence electrons. The number of hydrogen-bond donors (Lipinski definition) is 2. The van der Waals surface area contributed by atoms with Crippen molar-refractivity contribution >= 4 is 0 Å². The van der Waals surface area contributed by atoms with Crippen LogP contribution in [0.4, 0.5) is 13.2 Å². The van der Waals surface area contributed by atoms with E-state index < -0.39 is 17.8 Å². The molecule has 8 nitrogen and oxygen atoms in total. The normalized spacial score (nSPS) is 11.1. The monoisotopic (exact) mass is 406 g/mol. The molecule has 0 aliphatic rings. The molecule has 0 aliphatic heterocycles. The first-order valence-corrected chi connectivity index (χ1v) is 8.19. The Bertz CT molecular complexity index is 1130. The number of halogens is 3. The number of nitrogens with one attached hydrogen (secondary N) is 1. The van der Waals surface area contributed by atoms with Gasteiger partial charge in [0.2, 0.25) is 11.8 Å². The van der Waals surface area contributed by atoms with Gasteiger partial charge in [-0.1, -0.05) is 6.92 Å². The standard InChI is InChI=1S/C18H13F3N4O4/c1-2-13-16(26)25(17(27)24-13)11-4-6-15(23-9-11)28-12-5-3-10(8-22)14(7-12)29-18(19,20)21/h3-7,9,26H,2H2,1H3,(H,24,27). The molecule has 0 saturated carbocycles. The Morgan fingerprint density at radius 1 is 1.31 bits per heavy atom. The summed E-state index contributed by atoms with van der Waals surface area (Å²) in [5, 5.41) is 19.0. The van der Waals surface area contributed by atoms with Crippen molar-refractivity contribution in [1.29, 1.82) is 5.26 Å². The lowest BCUT2D eigenvalue weighted by Crippen LogP contribution is -2.17. The molecule has 0 aliphatic carbocycles. The summed E-state index contributed by atoms with van der Waals surface area (Å²) in [6, 6.07) is 7.72. The molecule has 0 saturated heterocycles. The van der Waals surface area contributed by atoms with E-state index in [9.17, 15) is 23.1 Å². The van der Waals surface area contributed by atoms with Gasteiger partial charge in [-0.05, 0) is 24.6 Å². The first-order chi connectivity index (χ1) is 13.7. The van der Waals surface area contributed by atoms with Crippen LogP contribution in [0.25, 0.3) is 5.69 Å². The second-order valence-electron chi connectivity index (χ2n) is 5.70. The van der Waals surface area contributed by atoms with Gasteiger partial charge in [-0.3, -0.25) is 0 Å². The lowest BCUT2D eigenvalue weighted by atomic mass is 10.2. The minimum atomic E-state index is -4.96. The third-order valence-corrected chi connectivity index (χ3v) is 3.80. The summed E-state index contributed by atoms with van der Waals surface area (Å²) in [5.74, 6) is -0.979. The highest BCUT2D eigenvalue weighted by atomic mass is 19.4.